The van der Waals surface area contributed by atoms with Gasteiger partial charge in [0.15, 0.2) is 6.20 Å². The van der Waals surface area contributed by atoms with Crippen LogP contribution in [-0.4, -0.2) is 4.40 Å². The summed E-state index contributed by atoms with van der Waals surface area (Å²) in [6, 6.07) is 20.6. The van der Waals surface area contributed by atoms with Crippen LogP contribution in [0.1, 0.15) is 11.1 Å². The summed E-state index contributed by atoms with van der Waals surface area (Å²) in [6.45, 7) is 2.07. The first-order valence-electron chi connectivity index (χ1n) is 10.8. The first-order valence-corrected chi connectivity index (χ1v) is 10.8. The predicted molar refractivity (Wildman–Crippen MR) is 127 cm³/mol. The summed E-state index contributed by atoms with van der Waals surface area (Å²) >= 11 is 0. The highest BCUT2D eigenvalue weighted by Crippen LogP contribution is 2.45. The zero-order chi connectivity index (χ0) is 22.6. The molecule has 0 unspecified atom stereocenters. The van der Waals surface area contributed by atoms with Crippen molar-refractivity contribution in [2.24, 2.45) is 7.05 Å². The first kappa shape index (κ1) is 18.7. The molecule has 33 heavy (non-hydrogen) atoms. The Morgan fingerprint density at radius 3 is 2.33 bits per heavy atom. The highest BCUT2D eigenvalue weighted by molar-refractivity contribution is 6.28. The molecule has 2 nitrogen and oxygen atoms in total. The van der Waals surface area contributed by atoms with E-state index >= 15 is 0 Å². The Morgan fingerprint density at radius 1 is 0.758 bits per heavy atom. The third-order valence-electron chi connectivity index (χ3n) is 7.12. The molecule has 3 heterocycles. The van der Waals surface area contributed by atoms with E-state index in [0.717, 1.165) is 54.4 Å². The molecule has 3 aromatic heterocycles. The number of para-hydroxylation sites is 1. The number of rotatable bonds is 0. The Kier molecular flexibility index (Phi) is 3.36. The number of nitrogens with zero attached hydrogens (tertiary/aromatic N) is 2. The topological polar surface area (TPSA) is 8.29 Å². The van der Waals surface area contributed by atoms with Gasteiger partial charge in [0, 0.05) is 16.8 Å². The van der Waals surface area contributed by atoms with Gasteiger partial charge >= 0.3 is 6.18 Å². The van der Waals surface area contributed by atoms with Crippen LogP contribution >= 0.6 is 0 Å². The van der Waals surface area contributed by atoms with Gasteiger partial charge in [-0.3, -0.25) is 0 Å². The molecule has 0 bridgehead atoms. The van der Waals surface area contributed by atoms with Gasteiger partial charge in [-0.05, 0) is 40.8 Å². The molecular formula is C28H18F3N2+. The van der Waals surface area contributed by atoms with Gasteiger partial charge in [-0.25, -0.2) is 4.57 Å². The van der Waals surface area contributed by atoms with Crippen LogP contribution in [0, 0.1) is 6.92 Å². The maximum Gasteiger partial charge on any atom is 0.418 e. The van der Waals surface area contributed by atoms with E-state index in [0.29, 0.717) is 5.39 Å². The van der Waals surface area contributed by atoms with Crippen LogP contribution < -0.4 is 4.57 Å². The van der Waals surface area contributed by atoms with Crippen molar-refractivity contribution in [3.8, 4) is 0 Å². The summed E-state index contributed by atoms with van der Waals surface area (Å²) in [5.41, 5.74) is 3.36. The van der Waals surface area contributed by atoms with Crippen molar-refractivity contribution in [1.82, 2.24) is 4.40 Å². The van der Waals surface area contributed by atoms with Gasteiger partial charge in [0.2, 0.25) is 5.52 Å². The van der Waals surface area contributed by atoms with Gasteiger partial charge < -0.3 is 4.40 Å². The molecule has 0 atom stereocenters. The smallest absolute Gasteiger partial charge is 0.307 e. The van der Waals surface area contributed by atoms with Crippen LogP contribution in [0.2, 0.25) is 0 Å². The maximum absolute atomic E-state index is 14.2. The minimum Gasteiger partial charge on any atom is -0.307 e. The molecule has 7 aromatic rings. The van der Waals surface area contributed by atoms with E-state index in [4.69, 9.17) is 0 Å². The normalized spacial score (nSPS) is 13.0. The van der Waals surface area contributed by atoms with Crippen molar-refractivity contribution in [3.05, 3.63) is 84.1 Å². The van der Waals surface area contributed by atoms with E-state index < -0.39 is 11.7 Å². The van der Waals surface area contributed by atoms with Crippen molar-refractivity contribution in [2.75, 3.05) is 0 Å². The molecule has 160 valence electrons. The number of aromatic nitrogens is 2. The van der Waals surface area contributed by atoms with Gasteiger partial charge in [0.25, 0.3) is 0 Å². The van der Waals surface area contributed by atoms with Gasteiger partial charge in [-0.2, -0.15) is 13.2 Å². The molecule has 4 aromatic carbocycles. The number of hydrogen-bond donors (Lipinski definition) is 0. The second-order valence-electron chi connectivity index (χ2n) is 8.85. The molecule has 0 saturated carbocycles. The van der Waals surface area contributed by atoms with Crippen molar-refractivity contribution in [2.45, 2.75) is 13.1 Å². The lowest BCUT2D eigenvalue weighted by Crippen LogP contribution is -2.28. The molecular weight excluding hydrogens is 421 g/mol. The number of halogens is 3. The zero-order valence-electron chi connectivity index (χ0n) is 18.0. The minimum atomic E-state index is -4.46. The third-order valence-corrected chi connectivity index (χ3v) is 7.12. The van der Waals surface area contributed by atoms with Crippen LogP contribution in [-0.2, 0) is 13.2 Å². The first-order chi connectivity index (χ1) is 15.9. The minimum absolute atomic E-state index is 0.223. The number of alkyl halides is 3. The second kappa shape index (κ2) is 5.93. The number of aryl methyl sites for hydroxylation is 2. The number of pyridine rings is 2. The maximum atomic E-state index is 14.2. The molecule has 0 saturated heterocycles. The second-order valence-corrected chi connectivity index (χ2v) is 8.85. The number of hydrogen-bond acceptors (Lipinski definition) is 0. The quantitative estimate of drug-likeness (QED) is 0.133. The summed E-state index contributed by atoms with van der Waals surface area (Å²) in [5, 5.41) is 6.58. The molecule has 7 rings (SSSR count). The standard InChI is InChI=1S/C28H18F3N2/c1-15-18-7-4-3-6-17(18)14-22-23(15)27-24-16(12-13-32(27)2)10-11-20-19-8-5-9-21(28(29,30)31)25(19)33(22)26(20)24/h3-14H,1-2H3/q+1. The van der Waals surface area contributed by atoms with Crippen LogP contribution in [0.4, 0.5) is 13.2 Å². The van der Waals surface area contributed by atoms with Crippen LogP contribution in [0.3, 0.4) is 0 Å². The lowest BCUT2D eigenvalue weighted by Gasteiger charge is -2.15. The SMILES string of the molecule is Cc1c2ccccc2cc2c1c1c3c(ccc4c5cccc(C(F)(F)F)c5n2c43)cc[n+]1C. The summed E-state index contributed by atoms with van der Waals surface area (Å²) in [7, 11) is 2.01. The molecule has 0 fully saturated rings. The molecule has 0 radical (unpaired) electrons. The Morgan fingerprint density at radius 2 is 1.52 bits per heavy atom. The van der Waals surface area contributed by atoms with E-state index in [2.05, 4.69) is 17.6 Å². The largest absolute Gasteiger partial charge is 0.418 e. The molecule has 0 aliphatic rings. The van der Waals surface area contributed by atoms with Crippen LogP contribution in [0.5, 0.6) is 0 Å². The fraction of sp³-hybridized carbons (Fsp3) is 0.107. The number of benzene rings is 4. The van der Waals surface area contributed by atoms with Crippen molar-refractivity contribution in [3.63, 3.8) is 0 Å². The molecule has 0 aliphatic heterocycles. The molecule has 0 N–H and O–H groups in total. The van der Waals surface area contributed by atoms with E-state index in [1.165, 1.54) is 12.1 Å². The average Bonchev–Trinajstić information content (AvgIpc) is 3.14. The fourth-order valence-electron chi connectivity index (χ4n) is 5.76. The highest BCUT2D eigenvalue weighted by Gasteiger charge is 2.35. The van der Waals surface area contributed by atoms with Gasteiger partial charge in [-0.15, -0.1) is 0 Å². The van der Waals surface area contributed by atoms with Crippen LogP contribution in [0.25, 0.3) is 59.8 Å². The van der Waals surface area contributed by atoms with E-state index in [9.17, 15) is 13.2 Å². The highest BCUT2D eigenvalue weighted by atomic mass is 19.4. The van der Waals surface area contributed by atoms with Crippen molar-refractivity contribution < 1.29 is 17.7 Å². The summed E-state index contributed by atoms with van der Waals surface area (Å²) in [4.78, 5) is 0. The average molecular weight is 439 g/mol. The van der Waals surface area contributed by atoms with E-state index in [-0.39, 0.29) is 5.52 Å². The summed E-state index contributed by atoms with van der Waals surface area (Å²) < 4.78 is 46.7. The van der Waals surface area contributed by atoms with Gasteiger partial charge in [-0.1, -0.05) is 48.5 Å². The summed E-state index contributed by atoms with van der Waals surface area (Å²) in [6.07, 6.45) is -2.43. The zero-order valence-corrected chi connectivity index (χ0v) is 18.0. The summed E-state index contributed by atoms with van der Waals surface area (Å²) in [5.74, 6) is 0. The predicted octanol–water partition coefficient (Wildman–Crippen LogP) is 7.29. The van der Waals surface area contributed by atoms with Crippen LogP contribution in [0.15, 0.2) is 72.9 Å². The Balaban J connectivity index is 1.96. The van der Waals surface area contributed by atoms with E-state index in [1.54, 1.807) is 6.07 Å². The number of fused-ring (bicyclic) bond motifs is 7. The molecule has 0 spiro atoms. The lowest BCUT2D eigenvalue weighted by molar-refractivity contribution is -0.643. The molecule has 5 heteroatoms. The van der Waals surface area contributed by atoms with E-state index in [1.807, 2.05) is 60.1 Å². The third kappa shape index (κ3) is 2.22. The fourth-order valence-corrected chi connectivity index (χ4v) is 5.76. The monoisotopic (exact) mass is 439 g/mol. The van der Waals surface area contributed by atoms with Crippen molar-refractivity contribution >= 4 is 59.8 Å². The molecule has 0 aliphatic carbocycles. The van der Waals surface area contributed by atoms with Gasteiger partial charge in [0.05, 0.1) is 32.9 Å². The Bertz CT molecular complexity index is 1930. The Hall–Kier alpha value is -3.86. The lowest BCUT2D eigenvalue weighted by atomic mass is 9.96. The molecule has 0 amide bonds. The Labute approximate surface area is 186 Å². The van der Waals surface area contributed by atoms with Gasteiger partial charge in [0.1, 0.15) is 7.05 Å². The van der Waals surface area contributed by atoms with Crippen molar-refractivity contribution in [1.29, 1.82) is 0 Å².